The molecule has 2 aromatic rings. The maximum atomic E-state index is 13.6. The van der Waals surface area contributed by atoms with Crippen molar-refractivity contribution in [3.8, 4) is 5.75 Å². The molecule has 7 nitrogen and oxygen atoms in total. The summed E-state index contributed by atoms with van der Waals surface area (Å²) in [7, 11) is -2.23. The number of morpholine rings is 1. The van der Waals surface area contributed by atoms with Crippen molar-refractivity contribution in [2.75, 3.05) is 44.9 Å². The largest absolute Gasteiger partial charge is 0.496 e. The SMILES string of the molecule is COc1ccc(S(=O)(=O)N2CCOCC2)cc1C(=O)N1CCCc2cccc(C)c21. The summed E-state index contributed by atoms with van der Waals surface area (Å²) in [5, 5.41) is 0. The molecule has 2 aromatic carbocycles. The maximum Gasteiger partial charge on any atom is 0.262 e. The van der Waals surface area contributed by atoms with E-state index in [4.69, 9.17) is 9.47 Å². The number of aryl methyl sites for hydroxylation is 2. The summed E-state index contributed by atoms with van der Waals surface area (Å²) in [6.07, 6.45) is 1.78. The van der Waals surface area contributed by atoms with Gasteiger partial charge in [0.2, 0.25) is 10.0 Å². The number of carbonyl (C=O) groups is 1. The van der Waals surface area contributed by atoms with E-state index in [9.17, 15) is 13.2 Å². The van der Waals surface area contributed by atoms with Crippen molar-refractivity contribution >= 4 is 21.6 Å². The number of amides is 1. The van der Waals surface area contributed by atoms with Gasteiger partial charge in [0.15, 0.2) is 0 Å². The quantitative estimate of drug-likeness (QED) is 0.745. The van der Waals surface area contributed by atoms with E-state index < -0.39 is 10.0 Å². The molecule has 0 spiro atoms. The van der Waals surface area contributed by atoms with Gasteiger partial charge in [-0.25, -0.2) is 8.42 Å². The van der Waals surface area contributed by atoms with Gasteiger partial charge in [-0.3, -0.25) is 4.79 Å². The Labute approximate surface area is 177 Å². The third-order valence-corrected chi connectivity index (χ3v) is 7.57. The smallest absolute Gasteiger partial charge is 0.262 e. The average molecular weight is 431 g/mol. The number of ether oxygens (including phenoxy) is 2. The minimum atomic E-state index is -3.72. The van der Waals surface area contributed by atoms with Crippen LogP contribution >= 0.6 is 0 Å². The fourth-order valence-corrected chi connectivity index (χ4v) is 5.58. The molecule has 0 aliphatic carbocycles. The van der Waals surface area contributed by atoms with E-state index in [0.717, 1.165) is 29.7 Å². The van der Waals surface area contributed by atoms with Gasteiger partial charge in [-0.2, -0.15) is 4.31 Å². The number of rotatable bonds is 4. The van der Waals surface area contributed by atoms with Crippen molar-refractivity contribution in [3.05, 3.63) is 53.1 Å². The molecule has 0 atom stereocenters. The molecule has 1 saturated heterocycles. The molecule has 0 unspecified atom stereocenters. The van der Waals surface area contributed by atoms with Gasteiger partial charge in [0, 0.05) is 19.6 Å². The fourth-order valence-electron chi connectivity index (χ4n) is 4.15. The van der Waals surface area contributed by atoms with Gasteiger partial charge < -0.3 is 14.4 Å². The van der Waals surface area contributed by atoms with Crippen molar-refractivity contribution < 1.29 is 22.7 Å². The van der Waals surface area contributed by atoms with Gasteiger partial charge in [-0.05, 0) is 49.1 Å². The number of hydrogen-bond acceptors (Lipinski definition) is 5. The molecule has 30 heavy (non-hydrogen) atoms. The zero-order chi connectivity index (χ0) is 21.3. The highest BCUT2D eigenvalue weighted by Gasteiger charge is 2.31. The number of hydrogen-bond donors (Lipinski definition) is 0. The molecular formula is C22H26N2O5S. The first kappa shape index (κ1) is 20.8. The molecule has 2 aliphatic rings. The summed E-state index contributed by atoms with van der Waals surface area (Å²) >= 11 is 0. The van der Waals surface area contributed by atoms with Gasteiger partial charge in [0.05, 0.1) is 36.5 Å². The van der Waals surface area contributed by atoms with Crippen LogP contribution in [0, 0.1) is 6.92 Å². The van der Waals surface area contributed by atoms with E-state index in [1.165, 1.54) is 23.5 Å². The Bertz CT molecular complexity index is 1060. The Hall–Kier alpha value is -2.42. The number of anilines is 1. The summed E-state index contributed by atoms with van der Waals surface area (Å²) in [4.78, 5) is 15.4. The second-order valence-electron chi connectivity index (χ2n) is 7.52. The topological polar surface area (TPSA) is 76.1 Å². The third kappa shape index (κ3) is 3.71. The number of carbonyl (C=O) groups excluding carboxylic acids is 1. The van der Waals surface area contributed by atoms with Gasteiger partial charge >= 0.3 is 0 Å². The zero-order valence-corrected chi connectivity index (χ0v) is 18.1. The summed E-state index contributed by atoms with van der Waals surface area (Å²) in [5.74, 6) is 0.114. The lowest BCUT2D eigenvalue weighted by Crippen LogP contribution is -2.40. The second-order valence-corrected chi connectivity index (χ2v) is 9.46. The first-order valence-electron chi connectivity index (χ1n) is 10.1. The number of benzene rings is 2. The van der Waals surface area contributed by atoms with E-state index in [-0.39, 0.29) is 16.4 Å². The molecule has 160 valence electrons. The molecule has 1 fully saturated rings. The molecule has 0 saturated carbocycles. The van der Waals surface area contributed by atoms with Crippen LogP contribution in [0.2, 0.25) is 0 Å². The molecule has 2 heterocycles. The highest BCUT2D eigenvalue weighted by atomic mass is 32.2. The lowest BCUT2D eigenvalue weighted by molar-refractivity contribution is 0.0730. The van der Waals surface area contributed by atoms with E-state index >= 15 is 0 Å². The van der Waals surface area contributed by atoms with Crippen LogP contribution in [0.15, 0.2) is 41.3 Å². The molecule has 2 aliphatic heterocycles. The molecule has 1 amide bonds. The van der Waals surface area contributed by atoms with Crippen LogP contribution in [0.1, 0.15) is 27.9 Å². The van der Waals surface area contributed by atoms with Crippen molar-refractivity contribution in [1.82, 2.24) is 4.31 Å². The van der Waals surface area contributed by atoms with Crippen LogP contribution in [0.5, 0.6) is 5.75 Å². The first-order valence-corrected chi connectivity index (χ1v) is 11.5. The van der Waals surface area contributed by atoms with Crippen LogP contribution in [0.4, 0.5) is 5.69 Å². The van der Waals surface area contributed by atoms with Gasteiger partial charge in [0.1, 0.15) is 5.75 Å². The highest BCUT2D eigenvalue weighted by molar-refractivity contribution is 7.89. The van der Waals surface area contributed by atoms with Crippen LogP contribution in [0.3, 0.4) is 0 Å². The van der Waals surface area contributed by atoms with Crippen molar-refractivity contribution in [1.29, 1.82) is 0 Å². The third-order valence-electron chi connectivity index (χ3n) is 5.67. The van der Waals surface area contributed by atoms with E-state index in [0.29, 0.717) is 38.6 Å². The predicted molar refractivity (Wildman–Crippen MR) is 114 cm³/mol. The molecule has 0 aromatic heterocycles. The Morgan fingerprint density at radius 2 is 1.87 bits per heavy atom. The molecule has 0 N–H and O–H groups in total. The number of nitrogens with zero attached hydrogens (tertiary/aromatic N) is 2. The number of fused-ring (bicyclic) bond motifs is 1. The zero-order valence-electron chi connectivity index (χ0n) is 17.3. The van der Waals surface area contributed by atoms with E-state index in [2.05, 4.69) is 0 Å². The molecular weight excluding hydrogens is 404 g/mol. The van der Waals surface area contributed by atoms with Gasteiger partial charge in [-0.15, -0.1) is 0 Å². The van der Waals surface area contributed by atoms with Gasteiger partial charge in [-0.1, -0.05) is 18.2 Å². The Kier molecular flexibility index (Phi) is 5.81. The van der Waals surface area contributed by atoms with Crippen molar-refractivity contribution in [2.24, 2.45) is 0 Å². The van der Waals surface area contributed by atoms with E-state index in [1.807, 2.05) is 25.1 Å². The number of methoxy groups -OCH3 is 1. The summed E-state index contributed by atoms with van der Waals surface area (Å²) in [6, 6.07) is 10.5. The Morgan fingerprint density at radius 1 is 1.10 bits per heavy atom. The number of sulfonamides is 1. The summed E-state index contributed by atoms with van der Waals surface area (Å²) < 4.78 is 38.3. The second kappa shape index (κ2) is 8.37. The molecule has 0 radical (unpaired) electrons. The number of para-hydroxylation sites is 1. The maximum absolute atomic E-state index is 13.6. The summed E-state index contributed by atoms with van der Waals surface area (Å²) in [5.41, 5.74) is 3.32. The standard InChI is InChI=1S/C22H26N2O5S/c1-16-5-3-6-17-7-4-10-24(21(16)17)22(25)19-15-18(8-9-20(19)28-2)30(26,27)23-11-13-29-14-12-23/h3,5-6,8-9,15H,4,7,10-14H2,1-2H3. The van der Waals surface area contributed by atoms with Crippen molar-refractivity contribution in [2.45, 2.75) is 24.7 Å². The Morgan fingerprint density at radius 3 is 2.60 bits per heavy atom. The Balaban J connectivity index is 1.74. The highest BCUT2D eigenvalue weighted by Crippen LogP contribution is 2.34. The molecule has 4 rings (SSSR count). The van der Waals surface area contributed by atoms with Crippen LogP contribution < -0.4 is 9.64 Å². The normalized spacial score (nSPS) is 17.5. The average Bonchev–Trinajstić information content (AvgIpc) is 2.78. The molecule has 8 heteroatoms. The fraction of sp³-hybridized carbons (Fsp3) is 0.409. The monoisotopic (exact) mass is 430 g/mol. The lowest BCUT2D eigenvalue weighted by atomic mass is 9.97. The first-order chi connectivity index (χ1) is 14.4. The predicted octanol–water partition coefficient (Wildman–Crippen LogP) is 2.62. The van der Waals surface area contributed by atoms with Crippen LogP contribution in [-0.2, 0) is 21.2 Å². The summed E-state index contributed by atoms with van der Waals surface area (Å²) in [6.45, 7) is 3.91. The van der Waals surface area contributed by atoms with Gasteiger partial charge in [0.25, 0.3) is 5.91 Å². The minimum Gasteiger partial charge on any atom is -0.496 e. The van der Waals surface area contributed by atoms with Crippen LogP contribution in [0.25, 0.3) is 0 Å². The van der Waals surface area contributed by atoms with E-state index in [1.54, 1.807) is 11.0 Å². The lowest BCUT2D eigenvalue weighted by Gasteiger charge is -2.31. The van der Waals surface area contributed by atoms with Crippen LogP contribution in [-0.4, -0.2) is 58.6 Å². The minimum absolute atomic E-state index is 0.0931. The van der Waals surface area contributed by atoms with Crippen molar-refractivity contribution in [3.63, 3.8) is 0 Å². The molecule has 0 bridgehead atoms.